The number of hydrogen-bond donors (Lipinski definition) is 1. The molecule has 0 bridgehead atoms. The number of halogens is 1. The fraction of sp³-hybridized carbons (Fsp3) is 0.333. The van der Waals surface area contributed by atoms with Crippen LogP contribution in [0.1, 0.15) is 37.3 Å². The highest BCUT2D eigenvalue weighted by Gasteiger charge is 2.32. The van der Waals surface area contributed by atoms with E-state index >= 15 is 0 Å². The van der Waals surface area contributed by atoms with E-state index in [0.717, 1.165) is 18.4 Å². The van der Waals surface area contributed by atoms with E-state index in [2.05, 4.69) is 9.71 Å². The molecule has 1 amide bonds. The lowest BCUT2D eigenvalue weighted by atomic mass is 10.1. The average Bonchev–Trinajstić information content (AvgIpc) is 2.96. The van der Waals surface area contributed by atoms with E-state index in [1.54, 1.807) is 37.4 Å². The Morgan fingerprint density at radius 2 is 1.86 bits per heavy atom. The molecule has 0 radical (unpaired) electrons. The fourth-order valence-corrected chi connectivity index (χ4v) is 4.46. The van der Waals surface area contributed by atoms with Gasteiger partial charge in [-0.15, -0.1) is 0 Å². The van der Waals surface area contributed by atoms with Crippen molar-refractivity contribution in [1.29, 1.82) is 0 Å². The predicted octanol–water partition coefficient (Wildman–Crippen LogP) is 3.08. The lowest BCUT2D eigenvalue weighted by Crippen LogP contribution is -2.36. The molecule has 29 heavy (non-hydrogen) atoms. The number of likely N-dealkylation sites (N-methyl/N-ethyl adjacent to an activating group) is 1. The zero-order valence-electron chi connectivity index (χ0n) is 16.4. The van der Waals surface area contributed by atoms with Crippen molar-refractivity contribution in [3.63, 3.8) is 0 Å². The number of carbonyl (C=O) groups is 1. The van der Waals surface area contributed by atoms with Gasteiger partial charge in [-0.2, -0.15) is 0 Å². The molecule has 0 spiro atoms. The standard InChI is InChI=1S/C21H24FN3O3S/c1-3-4-8-18(21(26)25(2)14-15-10-12-16(22)13-11-15)23-20-17-7-5-6-9-19(17)29(27,28)24-20/h5-7,9-13,18H,3-4,8,14H2,1-2H3,(H,23,24). The first-order valence-electron chi connectivity index (χ1n) is 9.51. The highest BCUT2D eigenvalue weighted by atomic mass is 32.2. The number of nitrogens with zero attached hydrogens (tertiary/aromatic N) is 2. The molecule has 3 rings (SSSR count). The maximum Gasteiger partial charge on any atom is 0.263 e. The SMILES string of the molecule is CCCCC(N=C1NS(=O)(=O)c2ccccc21)C(=O)N(C)Cc1ccc(F)cc1. The van der Waals surface area contributed by atoms with E-state index in [-0.39, 0.29) is 22.5 Å². The Morgan fingerprint density at radius 1 is 1.17 bits per heavy atom. The van der Waals surface area contributed by atoms with E-state index in [4.69, 9.17) is 0 Å². The Balaban J connectivity index is 1.85. The predicted molar refractivity (Wildman–Crippen MR) is 109 cm³/mol. The number of fused-ring (bicyclic) bond motifs is 1. The number of aliphatic imine (C=N–C) groups is 1. The van der Waals surface area contributed by atoms with Gasteiger partial charge in [0.1, 0.15) is 17.7 Å². The van der Waals surface area contributed by atoms with Gasteiger partial charge >= 0.3 is 0 Å². The first kappa shape index (κ1) is 21.0. The first-order chi connectivity index (χ1) is 13.8. The first-order valence-corrected chi connectivity index (χ1v) is 11.0. The average molecular weight is 418 g/mol. The van der Waals surface area contributed by atoms with E-state index < -0.39 is 16.1 Å². The molecule has 0 saturated carbocycles. The number of sulfonamides is 1. The van der Waals surface area contributed by atoms with Gasteiger partial charge in [-0.1, -0.05) is 44.0 Å². The highest BCUT2D eigenvalue weighted by molar-refractivity contribution is 7.90. The van der Waals surface area contributed by atoms with Crippen molar-refractivity contribution in [2.75, 3.05) is 7.05 Å². The van der Waals surface area contributed by atoms with Crippen molar-refractivity contribution in [3.8, 4) is 0 Å². The smallest absolute Gasteiger partial charge is 0.263 e. The van der Waals surface area contributed by atoms with Gasteiger partial charge in [0.15, 0.2) is 0 Å². The summed E-state index contributed by atoms with van der Waals surface area (Å²) in [6.07, 6.45) is 2.18. The molecule has 2 aromatic carbocycles. The molecule has 8 heteroatoms. The zero-order valence-corrected chi connectivity index (χ0v) is 17.2. The Hall–Kier alpha value is -2.74. The monoisotopic (exact) mass is 417 g/mol. The summed E-state index contributed by atoms with van der Waals surface area (Å²) in [4.78, 5) is 19.3. The second kappa shape index (κ2) is 8.73. The number of rotatable bonds is 7. The quantitative estimate of drug-likeness (QED) is 0.752. The van der Waals surface area contributed by atoms with Crippen LogP contribution in [-0.4, -0.2) is 38.2 Å². The van der Waals surface area contributed by atoms with Crippen molar-refractivity contribution >= 4 is 21.8 Å². The molecule has 1 aliphatic rings. The second-order valence-electron chi connectivity index (χ2n) is 7.06. The molecule has 1 unspecified atom stereocenters. The normalized spacial score (nSPS) is 16.9. The molecule has 0 fully saturated rings. The van der Waals surface area contributed by atoms with Crippen LogP contribution in [-0.2, 0) is 21.4 Å². The molecule has 1 N–H and O–H groups in total. The van der Waals surface area contributed by atoms with Crippen LogP contribution in [0.2, 0.25) is 0 Å². The van der Waals surface area contributed by atoms with Gasteiger partial charge in [-0.25, -0.2) is 12.8 Å². The second-order valence-corrected chi connectivity index (χ2v) is 8.71. The van der Waals surface area contributed by atoms with Crippen molar-refractivity contribution in [2.45, 2.75) is 43.7 Å². The van der Waals surface area contributed by atoms with Crippen molar-refractivity contribution in [2.24, 2.45) is 4.99 Å². The van der Waals surface area contributed by atoms with Crippen LogP contribution in [0.5, 0.6) is 0 Å². The van der Waals surface area contributed by atoms with E-state index in [0.29, 0.717) is 18.5 Å². The Kier molecular flexibility index (Phi) is 6.32. The molecule has 1 heterocycles. The summed E-state index contributed by atoms with van der Waals surface area (Å²) in [6.45, 7) is 2.33. The van der Waals surface area contributed by atoms with Crippen molar-refractivity contribution in [3.05, 3.63) is 65.5 Å². The Morgan fingerprint density at radius 3 is 2.55 bits per heavy atom. The summed E-state index contributed by atoms with van der Waals surface area (Å²) in [6, 6.07) is 11.8. The third-order valence-corrected chi connectivity index (χ3v) is 6.17. The van der Waals surface area contributed by atoms with Gasteiger partial charge in [0, 0.05) is 19.2 Å². The summed E-state index contributed by atoms with van der Waals surface area (Å²) in [7, 11) is -2.00. The Labute approximate surface area is 170 Å². The summed E-state index contributed by atoms with van der Waals surface area (Å²) < 4.78 is 40.2. The number of benzene rings is 2. The maximum absolute atomic E-state index is 13.1. The summed E-state index contributed by atoms with van der Waals surface area (Å²) in [5.41, 5.74) is 1.28. The maximum atomic E-state index is 13.1. The van der Waals surface area contributed by atoms with Gasteiger partial charge in [0.05, 0.1) is 4.90 Å². The van der Waals surface area contributed by atoms with Crippen LogP contribution >= 0.6 is 0 Å². The number of amidine groups is 1. The van der Waals surface area contributed by atoms with Gasteiger partial charge in [-0.05, 0) is 36.2 Å². The highest BCUT2D eigenvalue weighted by Crippen LogP contribution is 2.23. The minimum atomic E-state index is -3.66. The molecular formula is C21H24FN3O3S. The minimum absolute atomic E-state index is 0.167. The van der Waals surface area contributed by atoms with Crippen LogP contribution < -0.4 is 4.72 Å². The number of nitrogens with one attached hydrogen (secondary N) is 1. The van der Waals surface area contributed by atoms with Gasteiger partial charge in [0.2, 0.25) is 5.91 Å². The zero-order chi connectivity index (χ0) is 21.0. The van der Waals surface area contributed by atoms with Crippen LogP contribution in [0, 0.1) is 5.82 Å². The summed E-state index contributed by atoms with van der Waals surface area (Å²) in [5, 5.41) is 0. The summed E-state index contributed by atoms with van der Waals surface area (Å²) in [5.74, 6) is -0.341. The van der Waals surface area contributed by atoms with Crippen LogP contribution in [0.15, 0.2) is 58.4 Å². The Bertz CT molecular complexity index is 1020. The van der Waals surface area contributed by atoms with Crippen molar-refractivity contribution in [1.82, 2.24) is 9.62 Å². The van der Waals surface area contributed by atoms with Crippen LogP contribution in [0.3, 0.4) is 0 Å². The molecule has 0 aliphatic carbocycles. The van der Waals surface area contributed by atoms with Gasteiger partial charge in [0.25, 0.3) is 10.0 Å². The molecule has 0 saturated heterocycles. The number of amides is 1. The third kappa shape index (κ3) is 4.82. The lowest BCUT2D eigenvalue weighted by Gasteiger charge is -2.22. The van der Waals surface area contributed by atoms with Gasteiger partial charge in [-0.3, -0.25) is 14.5 Å². The molecule has 6 nitrogen and oxygen atoms in total. The molecule has 1 atom stereocenters. The molecule has 154 valence electrons. The molecule has 0 aromatic heterocycles. The molecule has 2 aromatic rings. The third-order valence-electron chi connectivity index (χ3n) is 4.77. The van der Waals surface area contributed by atoms with Crippen LogP contribution in [0.4, 0.5) is 4.39 Å². The number of carbonyl (C=O) groups excluding carboxylic acids is 1. The van der Waals surface area contributed by atoms with E-state index in [9.17, 15) is 17.6 Å². The van der Waals surface area contributed by atoms with E-state index in [1.807, 2.05) is 6.92 Å². The van der Waals surface area contributed by atoms with Crippen molar-refractivity contribution < 1.29 is 17.6 Å². The lowest BCUT2D eigenvalue weighted by molar-refractivity contribution is -0.131. The number of unbranched alkanes of at least 4 members (excludes halogenated alkanes) is 1. The molecule has 1 aliphatic heterocycles. The topological polar surface area (TPSA) is 78.8 Å². The summed E-state index contributed by atoms with van der Waals surface area (Å²) >= 11 is 0. The minimum Gasteiger partial charge on any atom is -0.340 e. The molecular weight excluding hydrogens is 393 g/mol. The largest absolute Gasteiger partial charge is 0.340 e. The number of hydrogen-bond acceptors (Lipinski definition) is 4. The van der Waals surface area contributed by atoms with E-state index in [1.165, 1.54) is 23.1 Å². The van der Waals surface area contributed by atoms with Crippen LogP contribution in [0.25, 0.3) is 0 Å². The van der Waals surface area contributed by atoms with Gasteiger partial charge < -0.3 is 4.90 Å². The fourth-order valence-electron chi connectivity index (χ4n) is 3.22.